The molecule has 0 aliphatic rings. The normalized spacial score (nSPS) is 10.1. The van der Waals surface area contributed by atoms with Crippen LogP contribution in [0.3, 0.4) is 0 Å². The van der Waals surface area contributed by atoms with Gasteiger partial charge in [0.1, 0.15) is 17.5 Å². The highest BCUT2D eigenvalue weighted by Gasteiger charge is 2.01. The lowest BCUT2D eigenvalue weighted by Gasteiger charge is -2.08. The molecule has 2 rings (SSSR count). The minimum Gasteiger partial charge on any atom is -0.481 e. The van der Waals surface area contributed by atoms with E-state index in [-0.39, 0.29) is 0 Å². The zero-order chi connectivity index (χ0) is 13.7. The van der Waals surface area contributed by atoms with Gasteiger partial charge in [0.25, 0.3) is 0 Å². The number of hydrogen-bond donors (Lipinski definition) is 3. The number of ether oxygens (including phenoxy) is 1. The van der Waals surface area contributed by atoms with Crippen molar-refractivity contribution in [1.82, 2.24) is 15.0 Å². The van der Waals surface area contributed by atoms with Crippen LogP contribution in [0.1, 0.15) is 11.4 Å². The number of anilines is 2. The average Bonchev–Trinajstić information content (AvgIpc) is 2.45. The molecule has 7 heteroatoms. The second-order valence-corrected chi connectivity index (χ2v) is 3.89. The molecule has 0 spiro atoms. The number of aromatic nitrogens is 3. The summed E-state index contributed by atoms with van der Waals surface area (Å²) in [5, 5.41) is 3.19. The Morgan fingerprint density at radius 3 is 2.68 bits per heavy atom. The molecule has 0 atom stereocenters. The van der Waals surface area contributed by atoms with Crippen molar-refractivity contribution in [2.24, 2.45) is 5.84 Å². The zero-order valence-electron chi connectivity index (χ0n) is 10.8. The van der Waals surface area contributed by atoms with Crippen molar-refractivity contribution in [3.63, 3.8) is 0 Å². The van der Waals surface area contributed by atoms with Crippen molar-refractivity contribution in [2.75, 3.05) is 17.9 Å². The summed E-state index contributed by atoms with van der Waals surface area (Å²) in [6.07, 6.45) is 1.75. The van der Waals surface area contributed by atoms with E-state index < -0.39 is 0 Å². The fourth-order valence-corrected chi connectivity index (χ4v) is 1.56. The predicted octanol–water partition coefficient (Wildman–Crippen LogP) is 1.09. The Bertz CT molecular complexity index is 542. The highest BCUT2D eigenvalue weighted by Crippen LogP contribution is 2.12. The van der Waals surface area contributed by atoms with Crippen molar-refractivity contribution in [1.29, 1.82) is 0 Å². The van der Waals surface area contributed by atoms with Gasteiger partial charge >= 0.3 is 0 Å². The highest BCUT2D eigenvalue weighted by atomic mass is 16.5. The van der Waals surface area contributed by atoms with Crippen LogP contribution in [0.15, 0.2) is 24.4 Å². The van der Waals surface area contributed by atoms with Gasteiger partial charge in [-0.25, -0.2) is 20.8 Å². The Balaban J connectivity index is 2.03. The smallest absolute Gasteiger partial charge is 0.212 e. The summed E-state index contributed by atoms with van der Waals surface area (Å²) in [7, 11) is 1.59. The first kappa shape index (κ1) is 13.0. The van der Waals surface area contributed by atoms with E-state index in [1.165, 1.54) is 0 Å². The molecule has 2 aromatic heterocycles. The van der Waals surface area contributed by atoms with Crippen molar-refractivity contribution < 1.29 is 4.74 Å². The molecule has 7 nitrogen and oxygen atoms in total. The van der Waals surface area contributed by atoms with Crippen LogP contribution >= 0.6 is 0 Å². The van der Waals surface area contributed by atoms with Crippen molar-refractivity contribution in [3.05, 3.63) is 35.8 Å². The van der Waals surface area contributed by atoms with Crippen LogP contribution in [0.2, 0.25) is 0 Å². The van der Waals surface area contributed by atoms with Gasteiger partial charge in [0.15, 0.2) is 0 Å². The van der Waals surface area contributed by atoms with E-state index in [2.05, 4.69) is 25.7 Å². The van der Waals surface area contributed by atoms with Crippen molar-refractivity contribution in [3.8, 4) is 5.88 Å². The number of hydrogen-bond acceptors (Lipinski definition) is 7. The number of nitrogen functional groups attached to an aromatic ring is 1. The fourth-order valence-electron chi connectivity index (χ4n) is 1.56. The van der Waals surface area contributed by atoms with Crippen molar-refractivity contribution in [2.45, 2.75) is 13.5 Å². The summed E-state index contributed by atoms with van der Waals surface area (Å²) in [4.78, 5) is 12.5. The molecular weight excluding hydrogens is 244 g/mol. The van der Waals surface area contributed by atoms with E-state index >= 15 is 0 Å². The van der Waals surface area contributed by atoms with Crippen LogP contribution in [0.5, 0.6) is 5.88 Å². The third-order valence-corrected chi connectivity index (χ3v) is 2.47. The maximum absolute atomic E-state index is 5.33. The molecule has 0 aromatic carbocycles. The molecule has 0 aliphatic heterocycles. The van der Waals surface area contributed by atoms with Gasteiger partial charge in [0.2, 0.25) is 5.88 Å². The molecular formula is C12H16N6O. The maximum Gasteiger partial charge on any atom is 0.212 e. The lowest BCUT2D eigenvalue weighted by atomic mass is 10.3. The number of aryl methyl sites for hydroxylation is 1. The first-order valence-corrected chi connectivity index (χ1v) is 5.76. The standard InChI is InChI=1S/C12H16N6O/c1-8-16-10(5-11(17-8)18-13)14-6-9-3-4-12(19-2)15-7-9/h3-5,7H,6,13H2,1-2H3,(H2,14,16,17,18). The summed E-state index contributed by atoms with van der Waals surface area (Å²) < 4.78 is 5.00. The first-order valence-electron chi connectivity index (χ1n) is 5.76. The minimum absolute atomic E-state index is 0.572. The Hall–Kier alpha value is -2.41. The van der Waals surface area contributed by atoms with E-state index in [0.29, 0.717) is 29.9 Å². The van der Waals surface area contributed by atoms with Crippen LogP contribution in [-0.2, 0) is 6.54 Å². The summed E-state index contributed by atoms with van der Waals surface area (Å²) >= 11 is 0. The lowest BCUT2D eigenvalue weighted by molar-refractivity contribution is 0.397. The van der Waals surface area contributed by atoms with Gasteiger partial charge in [0.05, 0.1) is 7.11 Å². The average molecular weight is 260 g/mol. The van der Waals surface area contributed by atoms with Crippen LogP contribution in [0, 0.1) is 6.92 Å². The zero-order valence-corrected chi connectivity index (χ0v) is 10.8. The summed E-state index contributed by atoms with van der Waals surface area (Å²) in [5.74, 6) is 7.85. The van der Waals surface area contributed by atoms with E-state index in [4.69, 9.17) is 10.6 Å². The molecule has 19 heavy (non-hydrogen) atoms. The molecule has 0 fully saturated rings. The Labute approximate surface area is 111 Å². The Morgan fingerprint density at radius 2 is 2.05 bits per heavy atom. The van der Waals surface area contributed by atoms with Gasteiger partial charge in [-0.3, -0.25) is 0 Å². The first-order chi connectivity index (χ1) is 9.21. The second-order valence-electron chi connectivity index (χ2n) is 3.89. The third-order valence-electron chi connectivity index (χ3n) is 2.47. The summed E-state index contributed by atoms with van der Waals surface area (Å²) in [6, 6.07) is 5.49. The topological polar surface area (TPSA) is 98.0 Å². The number of nitrogens with zero attached hydrogens (tertiary/aromatic N) is 3. The molecule has 0 amide bonds. The highest BCUT2D eigenvalue weighted by molar-refractivity contribution is 5.47. The van der Waals surface area contributed by atoms with Gasteiger partial charge < -0.3 is 15.5 Å². The fraction of sp³-hybridized carbons (Fsp3) is 0.250. The molecule has 0 bridgehead atoms. The van der Waals surface area contributed by atoms with Gasteiger partial charge in [-0.2, -0.15) is 0 Å². The van der Waals surface area contributed by atoms with E-state index in [1.54, 1.807) is 26.3 Å². The Morgan fingerprint density at radius 1 is 1.26 bits per heavy atom. The van der Waals surface area contributed by atoms with E-state index in [1.807, 2.05) is 12.1 Å². The van der Waals surface area contributed by atoms with Crippen LogP contribution in [0.4, 0.5) is 11.6 Å². The largest absolute Gasteiger partial charge is 0.481 e. The van der Waals surface area contributed by atoms with Gasteiger partial charge in [-0.15, -0.1) is 0 Å². The van der Waals surface area contributed by atoms with Crippen LogP contribution < -0.4 is 21.3 Å². The Kier molecular flexibility index (Phi) is 4.09. The quantitative estimate of drug-likeness (QED) is 0.546. The summed E-state index contributed by atoms with van der Waals surface area (Å²) in [6.45, 7) is 2.42. The van der Waals surface area contributed by atoms with Crippen LogP contribution in [0.25, 0.3) is 0 Å². The molecule has 4 N–H and O–H groups in total. The van der Waals surface area contributed by atoms with Crippen molar-refractivity contribution >= 4 is 11.6 Å². The number of pyridine rings is 1. The molecule has 0 saturated heterocycles. The van der Waals surface area contributed by atoms with Gasteiger partial charge in [-0.05, 0) is 12.5 Å². The number of rotatable bonds is 5. The number of nitrogens with two attached hydrogens (primary N) is 1. The predicted molar refractivity (Wildman–Crippen MR) is 72.7 cm³/mol. The molecule has 2 aromatic rings. The van der Waals surface area contributed by atoms with E-state index in [9.17, 15) is 0 Å². The monoisotopic (exact) mass is 260 g/mol. The lowest BCUT2D eigenvalue weighted by Crippen LogP contribution is -2.11. The van der Waals surface area contributed by atoms with Gasteiger partial charge in [0, 0.05) is 24.9 Å². The molecule has 2 heterocycles. The number of nitrogens with one attached hydrogen (secondary N) is 2. The van der Waals surface area contributed by atoms with Crippen LogP contribution in [-0.4, -0.2) is 22.1 Å². The van der Waals surface area contributed by atoms with E-state index in [0.717, 1.165) is 5.56 Å². The van der Waals surface area contributed by atoms with Gasteiger partial charge in [-0.1, -0.05) is 6.07 Å². The molecule has 0 radical (unpaired) electrons. The maximum atomic E-state index is 5.33. The summed E-state index contributed by atoms with van der Waals surface area (Å²) in [5.41, 5.74) is 3.53. The molecule has 0 saturated carbocycles. The SMILES string of the molecule is COc1ccc(CNc2cc(NN)nc(C)n2)cn1. The second kappa shape index (κ2) is 5.96. The molecule has 100 valence electrons. The number of hydrazine groups is 1. The molecule has 0 aliphatic carbocycles. The number of methoxy groups -OCH3 is 1. The molecule has 0 unspecified atom stereocenters. The third kappa shape index (κ3) is 3.52. The minimum atomic E-state index is 0.572.